The van der Waals surface area contributed by atoms with Gasteiger partial charge in [0, 0.05) is 0 Å². The predicted octanol–water partition coefficient (Wildman–Crippen LogP) is 1.96. The van der Waals surface area contributed by atoms with Crippen LogP contribution in [0, 0.1) is 0 Å². The predicted molar refractivity (Wildman–Crippen MR) is 45.5 cm³/mol. The molecule has 4 nitrogen and oxygen atoms in total. The Hall–Kier alpha value is -1.00. The van der Waals surface area contributed by atoms with Gasteiger partial charge in [-0.15, -0.1) is 0 Å². The molecule has 0 atom stereocenters. The van der Waals surface area contributed by atoms with Crippen molar-refractivity contribution in [1.29, 1.82) is 0 Å². The monoisotopic (exact) mass is 222 g/mol. The van der Waals surface area contributed by atoms with E-state index in [0.29, 0.717) is 0 Å². The number of carboxylic acids is 1. The summed E-state index contributed by atoms with van der Waals surface area (Å²) in [5.41, 5.74) is 0. The fourth-order valence-corrected chi connectivity index (χ4v) is 0.908. The number of aromatic carboxylic acids is 1. The van der Waals surface area contributed by atoms with E-state index in [9.17, 15) is 9.59 Å². The summed E-state index contributed by atoms with van der Waals surface area (Å²) in [5, 5.41) is 8.45. The Labute approximate surface area is 83.0 Å². The summed E-state index contributed by atoms with van der Waals surface area (Å²) < 4.78 is 4.65. The number of rotatable bonds is 3. The quantitative estimate of drug-likeness (QED) is 0.628. The third-order valence-corrected chi connectivity index (χ3v) is 1.65. The number of hydrogen-bond donors (Lipinski definition) is 1. The Kier molecular flexibility index (Phi) is 2.95. The highest BCUT2D eigenvalue weighted by atomic mass is 35.5. The molecule has 1 aromatic heterocycles. The smallest absolute Gasteiger partial charge is 0.371 e. The van der Waals surface area contributed by atoms with Crippen molar-refractivity contribution in [2.75, 3.05) is 0 Å². The SMILES string of the molecule is O=C(O)c1ccc(C(=O)C(Cl)Cl)o1. The van der Waals surface area contributed by atoms with Crippen LogP contribution in [0.3, 0.4) is 0 Å². The molecule has 0 radical (unpaired) electrons. The third-order valence-electron chi connectivity index (χ3n) is 1.26. The largest absolute Gasteiger partial charge is 0.475 e. The zero-order valence-corrected chi connectivity index (χ0v) is 7.67. The highest BCUT2D eigenvalue weighted by Gasteiger charge is 2.19. The van der Waals surface area contributed by atoms with Crippen LogP contribution < -0.4 is 0 Å². The maximum Gasteiger partial charge on any atom is 0.371 e. The van der Waals surface area contributed by atoms with Crippen LogP contribution in [-0.2, 0) is 0 Å². The van der Waals surface area contributed by atoms with Crippen LogP contribution in [0.15, 0.2) is 16.5 Å². The topological polar surface area (TPSA) is 67.5 Å². The van der Waals surface area contributed by atoms with Crippen LogP contribution in [0.4, 0.5) is 0 Å². The van der Waals surface area contributed by atoms with E-state index in [-0.39, 0.29) is 11.5 Å². The minimum atomic E-state index is -1.25. The first-order chi connectivity index (χ1) is 6.02. The van der Waals surface area contributed by atoms with Gasteiger partial charge >= 0.3 is 5.97 Å². The second-order valence-electron chi connectivity index (χ2n) is 2.13. The summed E-state index contributed by atoms with van der Waals surface area (Å²) in [4.78, 5) is 20.1. The Morgan fingerprint density at radius 1 is 1.31 bits per heavy atom. The fraction of sp³-hybridized carbons (Fsp3) is 0.143. The number of furan rings is 1. The molecule has 1 heterocycles. The van der Waals surface area contributed by atoms with Crippen LogP contribution in [0.1, 0.15) is 21.1 Å². The molecule has 6 heteroatoms. The van der Waals surface area contributed by atoms with Crippen LogP contribution >= 0.6 is 23.2 Å². The van der Waals surface area contributed by atoms with E-state index in [0.717, 1.165) is 6.07 Å². The summed E-state index contributed by atoms with van der Waals surface area (Å²) in [6, 6.07) is 2.37. The van der Waals surface area contributed by atoms with E-state index in [1.54, 1.807) is 0 Å². The van der Waals surface area contributed by atoms with Crippen molar-refractivity contribution in [1.82, 2.24) is 0 Å². The van der Waals surface area contributed by atoms with Gasteiger partial charge in [-0.05, 0) is 12.1 Å². The average Bonchev–Trinajstić information content (AvgIpc) is 2.50. The third kappa shape index (κ3) is 2.23. The lowest BCUT2D eigenvalue weighted by atomic mass is 10.3. The van der Waals surface area contributed by atoms with E-state index in [2.05, 4.69) is 4.42 Å². The molecule has 0 saturated carbocycles. The normalized spacial score (nSPS) is 10.4. The molecule has 70 valence electrons. The molecule has 0 aliphatic heterocycles. The minimum Gasteiger partial charge on any atom is -0.475 e. The molecule has 0 aliphatic carbocycles. The number of Topliss-reactive ketones (excluding diaryl/α,β-unsaturated/α-hetero) is 1. The summed E-state index contributed by atoms with van der Waals surface area (Å²) in [6.07, 6.45) is 0. The molecule has 1 aromatic rings. The van der Waals surface area contributed by atoms with Gasteiger partial charge in [0.1, 0.15) is 0 Å². The molecule has 0 saturated heterocycles. The van der Waals surface area contributed by atoms with Gasteiger partial charge < -0.3 is 9.52 Å². The summed E-state index contributed by atoms with van der Waals surface area (Å²) in [5.74, 6) is -2.39. The minimum absolute atomic E-state index is 0.160. The van der Waals surface area contributed by atoms with Gasteiger partial charge in [0.15, 0.2) is 10.6 Å². The summed E-state index contributed by atoms with van der Waals surface area (Å²) in [6.45, 7) is 0. The molecule has 0 bridgehead atoms. The molecule has 0 aliphatic rings. The highest BCUT2D eigenvalue weighted by molar-refractivity contribution is 6.55. The van der Waals surface area contributed by atoms with E-state index >= 15 is 0 Å². The molecule has 1 N–H and O–H groups in total. The van der Waals surface area contributed by atoms with E-state index in [4.69, 9.17) is 28.3 Å². The Bertz CT molecular complexity index is 342. The average molecular weight is 223 g/mol. The van der Waals surface area contributed by atoms with Gasteiger partial charge in [-0.3, -0.25) is 4.79 Å². The molecule has 0 aromatic carbocycles. The van der Waals surface area contributed by atoms with E-state index in [1.807, 2.05) is 0 Å². The van der Waals surface area contributed by atoms with Crippen molar-refractivity contribution < 1.29 is 19.1 Å². The Morgan fingerprint density at radius 2 is 1.85 bits per heavy atom. The Morgan fingerprint density at radius 3 is 2.23 bits per heavy atom. The highest BCUT2D eigenvalue weighted by Crippen LogP contribution is 2.14. The van der Waals surface area contributed by atoms with Crippen LogP contribution in [0.25, 0.3) is 0 Å². The number of alkyl halides is 2. The lowest BCUT2D eigenvalue weighted by Crippen LogP contribution is -2.06. The number of carboxylic acid groups (broad SMARTS) is 1. The molecule has 1 rings (SSSR count). The number of halogens is 2. The number of ketones is 1. The maximum atomic E-state index is 11.0. The second-order valence-corrected chi connectivity index (χ2v) is 3.23. The molecular formula is C7H4Cl2O4. The Balaban J connectivity index is 2.92. The standard InChI is InChI=1S/C7H4Cl2O4/c8-6(9)5(10)3-1-2-4(13-3)7(11)12/h1-2,6H,(H,11,12). The second kappa shape index (κ2) is 3.81. The van der Waals surface area contributed by atoms with Gasteiger partial charge in [-0.1, -0.05) is 23.2 Å². The summed E-state index contributed by atoms with van der Waals surface area (Å²) in [7, 11) is 0. The van der Waals surface area contributed by atoms with Gasteiger partial charge in [0.2, 0.25) is 11.5 Å². The van der Waals surface area contributed by atoms with Crippen molar-refractivity contribution in [3.63, 3.8) is 0 Å². The van der Waals surface area contributed by atoms with Gasteiger partial charge in [0.25, 0.3) is 0 Å². The number of carbonyl (C=O) groups is 2. The van der Waals surface area contributed by atoms with Crippen molar-refractivity contribution >= 4 is 35.0 Å². The van der Waals surface area contributed by atoms with Crippen molar-refractivity contribution in [2.45, 2.75) is 4.84 Å². The van der Waals surface area contributed by atoms with Crippen molar-refractivity contribution in [3.8, 4) is 0 Å². The van der Waals surface area contributed by atoms with Crippen LogP contribution in [0.2, 0.25) is 0 Å². The molecule has 0 spiro atoms. The number of carbonyl (C=O) groups excluding carboxylic acids is 1. The van der Waals surface area contributed by atoms with Gasteiger partial charge in [0.05, 0.1) is 0 Å². The lowest BCUT2D eigenvalue weighted by Gasteiger charge is -1.94. The molecular weight excluding hydrogens is 219 g/mol. The zero-order chi connectivity index (χ0) is 10.0. The zero-order valence-electron chi connectivity index (χ0n) is 6.16. The summed E-state index contributed by atoms with van der Waals surface area (Å²) >= 11 is 10.5. The first-order valence-corrected chi connectivity index (χ1v) is 4.05. The van der Waals surface area contributed by atoms with Crippen molar-refractivity contribution in [2.24, 2.45) is 0 Å². The molecule has 0 fully saturated rings. The molecule has 0 unspecified atom stereocenters. The van der Waals surface area contributed by atoms with Gasteiger partial charge in [-0.25, -0.2) is 4.79 Å². The first-order valence-electron chi connectivity index (χ1n) is 3.18. The molecule has 0 amide bonds. The lowest BCUT2D eigenvalue weighted by molar-refractivity contribution is 0.0660. The van der Waals surface area contributed by atoms with Crippen LogP contribution in [0.5, 0.6) is 0 Å². The van der Waals surface area contributed by atoms with E-state index in [1.165, 1.54) is 6.07 Å². The number of hydrogen-bond acceptors (Lipinski definition) is 3. The fourth-order valence-electron chi connectivity index (χ4n) is 0.693. The van der Waals surface area contributed by atoms with E-state index < -0.39 is 16.6 Å². The maximum absolute atomic E-state index is 11.0. The van der Waals surface area contributed by atoms with Crippen molar-refractivity contribution in [3.05, 3.63) is 23.7 Å². The molecule has 13 heavy (non-hydrogen) atoms. The van der Waals surface area contributed by atoms with Crippen LogP contribution in [-0.4, -0.2) is 21.7 Å². The van der Waals surface area contributed by atoms with Gasteiger partial charge in [-0.2, -0.15) is 0 Å². The first kappa shape index (κ1) is 10.1.